The van der Waals surface area contributed by atoms with E-state index in [0.717, 1.165) is 28.0 Å². The molecule has 6 heteroatoms. The zero-order valence-corrected chi connectivity index (χ0v) is 17.6. The molecule has 1 amide bonds. The minimum Gasteiger partial charge on any atom is -0.323 e. The minimum absolute atomic E-state index is 0.0268. The van der Waals surface area contributed by atoms with Crippen LogP contribution in [-0.2, 0) is 6.42 Å². The predicted octanol–water partition coefficient (Wildman–Crippen LogP) is 5.19. The van der Waals surface area contributed by atoms with Gasteiger partial charge in [0.15, 0.2) is 0 Å². The highest BCUT2D eigenvalue weighted by atomic mass is 79.9. The highest BCUT2D eigenvalue weighted by Gasteiger charge is 2.32. The number of hydrogen-bond donors (Lipinski definition) is 1. The largest absolute Gasteiger partial charge is 0.323 e. The van der Waals surface area contributed by atoms with Crippen molar-refractivity contribution in [3.63, 3.8) is 0 Å². The molecule has 28 heavy (non-hydrogen) atoms. The second-order valence-electron chi connectivity index (χ2n) is 7.15. The molecule has 0 saturated carbocycles. The van der Waals surface area contributed by atoms with Gasteiger partial charge in [-0.3, -0.25) is 4.79 Å². The van der Waals surface area contributed by atoms with Crippen LogP contribution in [0.4, 0.5) is 17.3 Å². The van der Waals surface area contributed by atoms with Gasteiger partial charge >= 0.3 is 0 Å². The number of carbonyl (C=O) groups is 1. The number of fused-ring (bicyclic) bond motifs is 1. The molecule has 1 N–H and O–H groups in total. The lowest BCUT2D eigenvalue weighted by Crippen LogP contribution is -2.36. The van der Waals surface area contributed by atoms with Crippen LogP contribution in [0.5, 0.6) is 0 Å². The van der Waals surface area contributed by atoms with E-state index in [1.807, 2.05) is 61.2 Å². The molecule has 0 radical (unpaired) electrons. The molecule has 1 aliphatic heterocycles. The third-order valence-electron chi connectivity index (χ3n) is 4.86. The van der Waals surface area contributed by atoms with Crippen molar-refractivity contribution < 1.29 is 4.79 Å². The maximum absolute atomic E-state index is 13.5. The Morgan fingerprint density at radius 3 is 2.57 bits per heavy atom. The molecular weight excluding hydrogens is 416 g/mol. The van der Waals surface area contributed by atoms with Crippen LogP contribution in [0.15, 0.2) is 53.0 Å². The van der Waals surface area contributed by atoms with Crippen molar-refractivity contribution in [3.05, 3.63) is 75.5 Å². The van der Waals surface area contributed by atoms with Gasteiger partial charge < -0.3 is 10.2 Å². The number of aromatic nitrogens is 2. The van der Waals surface area contributed by atoms with Crippen molar-refractivity contribution in [2.75, 3.05) is 10.2 Å². The first-order valence-corrected chi connectivity index (χ1v) is 10.0. The zero-order valence-electron chi connectivity index (χ0n) is 16.0. The van der Waals surface area contributed by atoms with Crippen molar-refractivity contribution in [3.8, 4) is 0 Å². The number of carbonyl (C=O) groups excluding carboxylic acids is 1. The lowest BCUT2D eigenvalue weighted by molar-refractivity contribution is 0.0982. The molecule has 2 heterocycles. The average Bonchev–Trinajstić information content (AvgIpc) is 2.95. The van der Waals surface area contributed by atoms with E-state index >= 15 is 0 Å². The van der Waals surface area contributed by atoms with Gasteiger partial charge in [0.2, 0.25) is 5.95 Å². The standard InChI is InChI=1S/C22H21BrN4O/c1-13-10-14(2)25-22(24-13)26-19-7-5-4-6-18(19)21(28)27-15(3)11-16-12-17(23)8-9-20(16)27/h4-10,12,15H,11H2,1-3H3,(H,24,25,26)/t15-/m1/s1. The average molecular weight is 437 g/mol. The van der Waals surface area contributed by atoms with Gasteiger partial charge in [-0.25, -0.2) is 9.97 Å². The van der Waals surface area contributed by atoms with Crippen LogP contribution in [0.3, 0.4) is 0 Å². The summed E-state index contributed by atoms with van der Waals surface area (Å²) in [4.78, 5) is 24.2. The van der Waals surface area contributed by atoms with Crippen molar-refractivity contribution in [2.24, 2.45) is 0 Å². The summed E-state index contributed by atoms with van der Waals surface area (Å²) in [6.07, 6.45) is 0.844. The van der Waals surface area contributed by atoms with Crippen LogP contribution in [0.2, 0.25) is 0 Å². The Morgan fingerprint density at radius 2 is 1.82 bits per heavy atom. The Bertz CT molecular complexity index is 1050. The third kappa shape index (κ3) is 3.52. The number of para-hydroxylation sites is 1. The van der Waals surface area contributed by atoms with E-state index in [2.05, 4.69) is 44.2 Å². The Labute approximate surface area is 173 Å². The van der Waals surface area contributed by atoms with Crippen LogP contribution in [0, 0.1) is 13.8 Å². The Balaban J connectivity index is 1.70. The van der Waals surface area contributed by atoms with Gasteiger partial charge in [0.25, 0.3) is 5.91 Å². The van der Waals surface area contributed by atoms with Crippen LogP contribution >= 0.6 is 15.9 Å². The van der Waals surface area contributed by atoms with E-state index in [1.165, 1.54) is 5.56 Å². The fourth-order valence-corrected chi connectivity index (χ4v) is 4.13. The van der Waals surface area contributed by atoms with Gasteiger partial charge in [0.1, 0.15) is 0 Å². The number of nitrogens with zero attached hydrogens (tertiary/aromatic N) is 3. The summed E-state index contributed by atoms with van der Waals surface area (Å²) < 4.78 is 1.03. The molecule has 1 aliphatic rings. The SMILES string of the molecule is Cc1cc(C)nc(Nc2ccccc2C(=O)N2c3ccc(Br)cc3C[C@H]2C)n1. The highest BCUT2D eigenvalue weighted by molar-refractivity contribution is 9.10. The van der Waals surface area contributed by atoms with Crippen LogP contribution < -0.4 is 10.2 Å². The summed E-state index contributed by atoms with van der Waals surface area (Å²) >= 11 is 3.52. The molecule has 3 aromatic rings. The number of aryl methyl sites for hydroxylation is 2. The lowest BCUT2D eigenvalue weighted by Gasteiger charge is -2.24. The van der Waals surface area contributed by atoms with Gasteiger partial charge in [0, 0.05) is 27.6 Å². The number of anilines is 3. The fourth-order valence-electron chi connectivity index (χ4n) is 3.72. The Hall–Kier alpha value is -2.73. The number of rotatable bonds is 3. The van der Waals surface area contributed by atoms with Crippen molar-refractivity contribution in [2.45, 2.75) is 33.2 Å². The number of hydrogen-bond acceptors (Lipinski definition) is 4. The van der Waals surface area contributed by atoms with Gasteiger partial charge in [-0.05, 0) is 69.2 Å². The lowest BCUT2D eigenvalue weighted by atomic mass is 10.1. The van der Waals surface area contributed by atoms with Crippen LogP contribution in [0.1, 0.15) is 34.2 Å². The molecule has 142 valence electrons. The number of halogens is 1. The first-order valence-electron chi connectivity index (χ1n) is 9.22. The second kappa shape index (κ2) is 7.36. The summed E-state index contributed by atoms with van der Waals surface area (Å²) in [6, 6.07) is 15.6. The van der Waals surface area contributed by atoms with E-state index in [0.29, 0.717) is 17.2 Å². The van der Waals surface area contributed by atoms with Crippen molar-refractivity contribution >= 4 is 39.2 Å². The third-order valence-corrected chi connectivity index (χ3v) is 5.36. The normalized spacial score (nSPS) is 15.4. The Kier molecular flexibility index (Phi) is 4.89. The first kappa shape index (κ1) is 18.6. The highest BCUT2D eigenvalue weighted by Crippen LogP contribution is 2.36. The molecule has 5 nitrogen and oxygen atoms in total. The topological polar surface area (TPSA) is 58.1 Å². The molecule has 0 unspecified atom stereocenters. The number of benzene rings is 2. The van der Waals surface area contributed by atoms with Gasteiger partial charge in [-0.1, -0.05) is 28.1 Å². The van der Waals surface area contributed by atoms with Gasteiger partial charge in [0.05, 0.1) is 11.3 Å². The first-order chi connectivity index (χ1) is 13.4. The Morgan fingerprint density at radius 1 is 1.11 bits per heavy atom. The molecular formula is C22H21BrN4O. The van der Waals surface area contributed by atoms with E-state index in [4.69, 9.17) is 0 Å². The smallest absolute Gasteiger partial charge is 0.260 e. The zero-order chi connectivity index (χ0) is 19.8. The molecule has 1 atom stereocenters. The van der Waals surface area contributed by atoms with E-state index in [9.17, 15) is 4.79 Å². The predicted molar refractivity (Wildman–Crippen MR) is 115 cm³/mol. The molecule has 0 fully saturated rings. The number of nitrogens with one attached hydrogen (secondary N) is 1. The van der Waals surface area contributed by atoms with Crippen molar-refractivity contribution in [1.82, 2.24) is 9.97 Å². The fraction of sp³-hybridized carbons (Fsp3) is 0.227. The summed E-state index contributed by atoms with van der Waals surface area (Å²) in [7, 11) is 0. The molecule has 0 spiro atoms. The van der Waals surface area contributed by atoms with Gasteiger partial charge in [-0.2, -0.15) is 0 Å². The quantitative estimate of drug-likeness (QED) is 0.613. The van der Waals surface area contributed by atoms with Crippen LogP contribution in [-0.4, -0.2) is 21.9 Å². The summed E-state index contributed by atoms with van der Waals surface area (Å²) in [5, 5.41) is 3.23. The van der Waals surface area contributed by atoms with E-state index in [-0.39, 0.29) is 11.9 Å². The monoisotopic (exact) mass is 436 g/mol. The number of amides is 1. The van der Waals surface area contributed by atoms with E-state index < -0.39 is 0 Å². The molecule has 0 aliphatic carbocycles. The summed E-state index contributed by atoms with van der Waals surface area (Å²) in [6.45, 7) is 5.94. The van der Waals surface area contributed by atoms with Crippen molar-refractivity contribution in [1.29, 1.82) is 0 Å². The molecule has 2 aromatic carbocycles. The summed E-state index contributed by atoms with van der Waals surface area (Å²) in [5.41, 5.74) is 5.22. The van der Waals surface area contributed by atoms with Gasteiger partial charge in [-0.15, -0.1) is 0 Å². The molecule has 0 saturated heterocycles. The molecule has 4 rings (SSSR count). The second-order valence-corrected chi connectivity index (χ2v) is 8.06. The minimum atomic E-state index is -0.0268. The van der Waals surface area contributed by atoms with E-state index in [1.54, 1.807) is 0 Å². The molecule has 0 bridgehead atoms. The maximum Gasteiger partial charge on any atom is 0.260 e. The molecule has 1 aromatic heterocycles. The maximum atomic E-state index is 13.5. The summed E-state index contributed by atoms with van der Waals surface area (Å²) in [5.74, 6) is 0.470. The van der Waals surface area contributed by atoms with Crippen LogP contribution in [0.25, 0.3) is 0 Å².